The number of hydrogen-bond acceptors (Lipinski definition) is 3. The van der Waals surface area contributed by atoms with Crippen LogP contribution in [0.5, 0.6) is 11.5 Å². The molecular weight excluding hydrogens is 204 g/mol. The summed E-state index contributed by atoms with van der Waals surface area (Å²) in [7, 11) is 1.47. The van der Waals surface area contributed by atoms with Crippen molar-refractivity contribution in [1.29, 1.82) is 0 Å². The molecule has 1 saturated carbocycles. The van der Waals surface area contributed by atoms with E-state index in [1.54, 1.807) is 6.07 Å². The van der Waals surface area contributed by atoms with E-state index in [9.17, 15) is 10.2 Å². The summed E-state index contributed by atoms with van der Waals surface area (Å²) >= 11 is 5.78. The number of aliphatic hydroxyl groups is 1. The van der Waals surface area contributed by atoms with Gasteiger partial charge >= 0.3 is 0 Å². The predicted molar refractivity (Wildman–Crippen MR) is 52.8 cm³/mol. The monoisotopic (exact) mass is 214 g/mol. The van der Waals surface area contributed by atoms with E-state index < -0.39 is 5.60 Å². The first-order chi connectivity index (χ1) is 6.57. The first kappa shape index (κ1) is 9.62. The van der Waals surface area contributed by atoms with E-state index in [1.165, 1.54) is 13.2 Å². The summed E-state index contributed by atoms with van der Waals surface area (Å²) in [5.41, 5.74) is -0.119. The molecule has 1 aromatic rings. The minimum absolute atomic E-state index is 0.0543. The van der Waals surface area contributed by atoms with Crippen LogP contribution in [0.3, 0.4) is 0 Å². The summed E-state index contributed by atoms with van der Waals surface area (Å²) in [4.78, 5) is 0. The average Bonchev–Trinajstić information content (AvgIpc) is 2.89. The van der Waals surface area contributed by atoms with Crippen LogP contribution >= 0.6 is 11.6 Å². The molecule has 3 nitrogen and oxygen atoms in total. The normalized spacial score (nSPS) is 17.9. The van der Waals surface area contributed by atoms with Crippen LogP contribution in [0.1, 0.15) is 18.4 Å². The fourth-order valence-corrected chi connectivity index (χ4v) is 1.59. The molecule has 1 aliphatic rings. The minimum atomic E-state index is -0.782. The summed E-state index contributed by atoms with van der Waals surface area (Å²) in [6.07, 6.45) is 1.44. The number of methoxy groups -OCH3 is 1. The Kier molecular flexibility index (Phi) is 2.09. The zero-order valence-corrected chi connectivity index (χ0v) is 8.51. The van der Waals surface area contributed by atoms with Crippen molar-refractivity contribution < 1.29 is 14.9 Å². The third-order valence-electron chi connectivity index (χ3n) is 2.50. The van der Waals surface area contributed by atoms with Crippen molar-refractivity contribution in [2.75, 3.05) is 7.11 Å². The Labute approximate surface area is 86.9 Å². The predicted octanol–water partition coefficient (Wildman–Crippen LogP) is 2.04. The Hall–Kier alpha value is -0.930. The van der Waals surface area contributed by atoms with Crippen molar-refractivity contribution >= 4 is 11.6 Å². The van der Waals surface area contributed by atoms with Crippen molar-refractivity contribution in [3.05, 3.63) is 22.7 Å². The largest absolute Gasteiger partial charge is 0.506 e. The zero-order chi connectivity index (χ0) is 10.3. The van der Waals surface area contributed by atoms with Gasteiger partial charge in [-0.1, -0.05) is 11.6 Å². The van der Waals surface area contributed by atoms with E-state index in [0.717, 1.165) is 12.8 Å². The van der Waals surface area contributed by atoms with Crippen LogP contribution in [0.2, 0.25) is 5.02 Å². The number of phenols is 1. The number of halogens is 1. The van der Waals surface area contributed by atoms with Gasteiger partial charge in [0.25, 0.3) is 0 Å². The van der Waals surface area contributed by atoms with Crippen LogP contribution < -0.4 is 4.74 Å². The molecule has 0 radical (unpaired) electrons. The smallest absolute Gasteiger partial charge is 0.141 e. The first-order valence-electron chi connectivity index (χ1n) is 4.36. The number of hydrogen-bond donors (Lipinski definition) is 2. The Morgan fingerprint density at radius 2 is 2.07 bits per heavy atom. The second kappa shape index (κ2) is 3.04. The van der Waals surface area contributed by atoms with Crippen molar-refractivity contribution in [1.82, 2.24) is 0 Å². The third-order valence-corrected chi connectivity index (χ3v) is 2.88. The second-order valence-corrected chi connectivity index (χ2v) is 3.92. The lowest BCUT2D eigenvalue weighted by Gasteiger charge is -2.12. The molecule has 1 aromatic carbocycles. The quantitative estimate of drug-likeness (QED) is 0.792. The molecular formula is C10H11ClO3. The summed E-state index contributed by atoms with van der Waals surface area (Å²) in [5, 5.41) is 19.5. The van der Waals surface area contributed by atoms with Gasteiger partial charge < -0.3 is 14.9 Å². The summed E-state index contributed by atoms with van der Waals surface area (Å²) in [6, 6.07) is 3.15. The molecule has 14 heavy (non-hydrogen) atoms. The number of benzene rings is 1. The Bertz CT molecular complexity index is 372. The van der Waals surface area contributed by atoms with Gasteiger partial charge in [-0.25, -0.2) is 0 Å². The van der Waals surface area contributed by atoms with Crippen LogP contribution in [0.15, 0.2) is 12.1 Å². The van der Waals surface area contributed by atoms with Crippen LogP contribution in [0.4, 0.5) is 0 Å². The molecule has 0 spiro atoms. The molecule has 0 bridgehead atoms. The van der Waals surface area contributed by atoms with Crippen molar-refractivity contribution in [2.45, 2.75) is 18.4 Å². The SMILES string of the molecule is COc1cc(C2(O)CC2)cc(O)c1Cl. The van der Waals surface area contributed by atoms with E-state index in [0.29, 0.717) is 11.3 Å². The van der Waals surface area contributed by atoms with Crippen LogP contribution in [0.25, 0.3) is 0 Å². The van der Waals surface area contributed by atoms with Gasteiger partial charge in [0.15, 0.2) is 0 Å². The number of phenolic OH excluding ortho intramolecular Hbond substituents is 1. The van der Waals surface area contributed by atoms with Crippen molar-refractivity contribution in [3.8, 4) is 11.5 Å². The molecule has 2 rings (SSSR count). The molecule has 4 heteroatoms. The molecule has 1 aliphatic carbocycles. The maximum atomic E-state index is 9.83. The number of aromatic hydroxyl groups is 1. The molecule has 76 valence electrons. The van der Waals surface area contributed by atoms with Gasteiger partial charge in [-0.2, -0.15) is 0 Å². The standard InChI is InChI=1S/C10H11ClO3/c1-14-8-5-6(10(13)2-3-10)4-7(12)9(8)11/h4-5,12-13H,2-3H2,1H3. The van der Waals surface area contributed by atoms with Gasteiger partial charge in [-0.05, 0) is 30.5 Å². The zero-order valence-electron chi connectivity index (χ0n) is 7.75. The van der Waals surface area contributed by atoms with Gasteiger partial charge in [0, 0.05) is 0 Å². The van der Waals surface area contributed by atoms with Crippen LogP contribution in [0, 0.1) is 0 Å². The molecule has 0 atom stereocenters. The lowest BCUT2D eigenvalue weighted by Crippen LogP contribution is -2.04. The molecule has 2 N–H and O–H groups in total. The van der Waals surface area contributed by atoms with Crippen molar-refractivity contribution in [2.24, 2.45) is 0 Å². The lowest BCUT2D eigenvalue weighted by atomic mass is 10.1. The molecule has 0 saturated heterocycles. The van der Waals surface area contributed by atoms with Crippen LogP contribution in [-0.4, -0.2) is 17.3 Å². The number of rotatable bonds is 2. The van der Waals surface area contributed by atoms with Gasteiger partial charge in [-0.3, -0.25) is 0 Å². The Morgan fingerprint density at radius 1 is 1.43 bits per heavy atom. The lowest BCUT2D eigenvalue weighted by molar-refractivity contribution is 0.150. The second-order valence-electron chi connectivity index (χ2n) is 3.54. The molecule has 0 aromatic heterocycles. The van der Waals surface area contributed by atoms with E-state index in [1.807, 2.05) is 0 Å². The maximum Gasteiger partial charge on any atom is 0.141 e. The average molecular weight is 215 g/mol. The molecule has 0 aliphatic heterocycles. The topological polar surface area (TPSA) is 49.7 Å². The molecule has 1 fully saturated rings. The highest BCUT2D eigenvalue weighted by Crippen LogP contribution is 2.48. The summed E-state index contributed by atoms with van der Waals surface area (Å²) in [6.45, 7) is 0. The van der Waals surface area contributed by atoms with Gasteiger partial charge in [0.2, 0.25) is 0 Å². The van der Waals surface area contributed by atoms with Gasteiger partial charge in [0.1, 0.15) is 16.5 Å². The fourth-order valence-electron chi connectivity index (χ4n) is 1.41. The van der Waals surface area contributed by atoms with Gasteiger partial charge in [0.05, 0.1) is 12.7 Å². The van der Waals surface area contributed by atoms with E-state index in [4.69, 9.17) is 16.3 Å². The van der Waals surface area contributed by atoms with Gasteiger partial charge in [-0.15, -0.1) is 0 Å². The molecule has 0 heterocycles. The van der Waals surface area contributed by atoms with Crippen molar-refractivity contribution in [3.63, 3.8) is 0 Å². The van der Waals surface area contributed by atoms with Crippen LogP contribution in [-0.2, 0) is 5.60 Å². The number of ether oxygens (including phenoxy) is 1. The third kappa shape index (κ3) is 1.42. The maximum absolute atomic E-state index is 9.83. The highest BCUT2D eigenvalue weighted by atomic mass is 35.5. The van der Waals surface area contributed by atoms with E-state index >= 15 is 0 Å². The fraction of sp³-hybridized carbons (Fsp3) is 0.400. The molecule has 0 unspecified atom stereocenters. The Balaban J connectivity index is 2.48. The minimum Gasteiger partial charge on any atom is -0.506 e. The molecule has 0 amide bonds. The van der Waals surface area contributed by atoms with E-state index in [2.05, 4.69) is 0 Å². The first-order valence-corrected chi connectivity index (χ1v) is 4.74. The summed E-state index contributed by atoms with van der Waals surface area (Å²) in [5.74, 6) is 0.336. The highest BCUT2D eigenvalue weighted by Gasteiger charge is 2.42. The Morgan fingerprint density at radius 3 is 2.57 bits per heavy atom. The summed E-state index contributed by atoms with van der Waals surface area (Å²) < 4.78 is 4.99. The highest BCUT2D eigenvalue weighted by molar-refractivity contribution is 6.33. The van der Waals surface area contributed by atoms with E-state index in [-0.39, 0.29) is 10.8 Å².